The Morgan fingerprint density at radius 3 is 3.09 bits per heavy atom. The van der Waals surface area contributed by atoms with E-state index in [0.29, 0.717) is 31.7 Å². The molecule has 0 radical (unpaired) electrons. The van der Waals surface area contributed by atoms with Crippen LogP contribution in [0.4, 0.5) is 4.39 Å². The molecule has 1 aromatic rings. The number of hydrogen-bond donors (Lipinski definition) is 1. The van der Waals surface area contributed by atoms with Crippen molar-refractivity contribution in [2.75, 3.05) is 26.3 Å². The van der Waals surface area contributed by atoms with Crippen LogP contribution in [0.3, 0.4) is 0 Å². The van der Waals surface area contributed by atoms with Crippen LogP contribution in [0.25, 0.3) is 0 Å². The molecule has 1 heterocycles. The Kier molecular flexibility index (Phi) is 6.54. The van der Waals surface area contributed by atoms with E-state index in [1.807, 2.05) is 0 Å². The highest BCUT2D eigenvalue weighted by molar-refractivity contribution is 9.10. The number of ether oxygens (including phenoxy) is 1. The number of amides is 1. The van der Waals surface area contributed by atoms with Crippen LogP contribution in [0.15, 0.2) is 35.3 Å². The van der Waals surface area contributed by atoms with Crippen LogP contribution < -0.4 is 5.32 Å². The van der Waals surface area contributed by atoms with E-state index in [-0.39, 0.29) is 24.3 Å². The van der Waals surface area contributed by atoms with E-state index in [1.165, 1.54) is 6.07 Å². The largest absolute Gasteiger partial charge is 0.378 e. The zero-order chi connectivity index (χ0) is 15.9. The molecule has 1 amide bonds. The molecular weight excluding hydrogens is 351 g/mol. The van der Waals surface area contributed by atoms with Gasteiger partial charge in [-0.25, -0.2) is 4.39 Å². The van der Waals surface area contributed by atoms with Crippen molar-refractivity contribution in [3.05, 3.63) is 46.7 Å². The lowest BCUT2D eigenvalue weighted by Crippen LogP contribution is -2.45. The van der Waals surface area contributed by atoms with Crippen molar-refractivity contribution in [2.24, 2.45) is 0 Å². The molecule has 1 fully saturated rings. The van der Waals surface area contributed by atoms with Crippen molar-refractivity contribution < 1.29 is 13.9 Å². The predicted octanol–water partition coefficient (Wildman–Crippen LogP) is 2.48. The summed E-state index contributed by atoms with van der Waals surface area (Å²) in [4.78, 5) is 14.1. The van der Waals surface area contributed by atoms with Crippen molar-refractivity contribution >= 4 is 21.8 Å². The minimum absolute atomic E-state index is 0.0147. The standard InChI is InChI=1S/C16H20BrFN2O2/c1-2-6-20(10-12-8-13(17)3-4-15(12)18)16(21)9-14-11-22-7-5-19-14/h2-4,8,14,19H,1,5-7,9-11H2. The Morgan fingerprint density at radius 1 is 1.59 bits per heavy atom. The second-order valence-electron chi connectivity index (χ2n) is 5.23. The number of hydrogen-bond acceptors (Lipinski definition) is 3. The van der Waals surface area contributed by atoms with Gasteiger partial charge in [-0.2, -0.15) is 0 Å². The Morgan fingerprint density at radius 2 is 2.41 bits per heavy atom. The summed E-state index contributed by atoms with van der Waals surface area (Å²) in [7, 11) is 0. The number of carbonyl (C=O) groups excluding carboxylic acids is 1. The van der Waals surface area contributed by atoms with Crippen molar-refractivity contribution in [1.82, 2.24) is 10.2 Å². The van der Waals surface area contributed by atoms with E-state index in [4.69, 9.17) is 4.74 Å². The van der Waals surface area contributed by atoms with Crippen LogP contribution in [0.1, 0.15) is 12.0 Å². The summed E-state index contributed by atoms with van der Waals surface area (Å²) in [5.41, 5.74) is 0.484. The fraction of sp³-hybridized carbons (Fsp3) is 0.438. The normalized spacial score (nSPS) is 18.0. The third-order valence-corrected chi connectivity index (χ3v) is 3.98. The highest BCUT2D eigenvalue weighted by atomic mass is 79.9. The van der Waals surface area contributed by atoms with Gasteiger partial charge in [-0.3, -0.25) is 4.79 Å². The van der Waals surface area contributed by atoms with Crippen molar-refractivity contribution in [1.29, 1.82) is 0 Å². The summed E-state index contributed by atoms with van der Waals surface area (Å²) >= 11 is 3.33. The minimum Gasteiger partial charge on any atom is -0.378 e. The molecule has 0 saturated carbocycles. The minimum atomic E-state index is -0.316. The Bertz CT molecular complexity index is 533. The third-order valence-electron chi connectivity index (χ3n) is 3.49. The molecule has 1 saturated heterocycles. The van der Waals surface area contributed by atoms with Gasteiger partial charge in [-0.15, -0.1) is 6.58 Å². The molecule has 0 spiro atoms. The quantitative estimate of drug-likeness (QED) is 0.782. The maximum absolute atomic E-state index is 13.9. The first-order valence-electron chi connectivity index (χ1n) is 7.24. The molecule has 1 aliphatic heterocycles. The first-order chi connectivity index (χ1) is 10.6. The Balaban J connectivity index is 2.03. The van der Waals surface area contributed by atoms with Crippen molar-refractivity contribution in [3.63, 3.8) is 0 Å². The van der Waals surface area contributed by atoms with Gasteiger partial charge in [-0.05, 0) is 18.2 Å². The van der Waals surface area contributed by atoms with Gasteiger partial charge in [-0.1, -0.05) is 22.0 Å². The number of carbonyl (C=O) groups is 1. The molecular formula is C16H20BrFN2O2. The number of rotatable bonds is 6. The van der Waals surface area contributed by atoms with E-state index < -0.39 is 0 Å². The molecule has 22 heavy (non-hydrogen) atoms. The van der Waals surface area contributed by atoms with Gasteiger partial charge in [0.15, 0.2) is 0 Å². The van der Waals surface area contributed by atoms with E-state index in [0.717, 1.165) is 11.0 Å². The smallest absolute Gasteiger partial charge is 0.224 e. The van der Waals surface area contributed by atoms with Crippen LogP contribution in [-0.2, 0) is 16.1 Å². The zero-order valence-corrected chi connectivity index (χ0v) is 13.9. The lowest BCUT2D eigenvalue weighted by molar-refractivity contribution is -0.132. The fourth-order valence-electron chi connectivity index (χ4n) is 2.37. The summed E-state index contributed by atoms with van der Waals surface area (Å²) in [6.45, 7) is 6.23. The maximum Gasteiger partial charge on any atom is 0.224 e. The van der Waals surface area contributed by atoms with Crippen LogP contribution in [0.5, 0.6) is 0 Å². The summed E-state index contributed by atoms with van der Waals surface area (Å²) in [6, 6.07) is 4.75. The SMILES string of the molecule is C=CCN(Cc1cc(Br)ccc1F)C(=O)CC1COCCN1. The topological polar surface area (TPSA) is 41.6 Å². The molecule has 1 aromatic carbocycles. The zero-order valence-electron chi connectivity index (χ0n) is 12.4. The second-order valence-corrected chi connectivity index (χ2v) is 6.14. The fourth-order valence-corrected chi connectivity index (χ4v) is 2.78. The summed E-state index contributed by atoms with van der Waals surface area (Å²) < 4.78 is 20.0. The van der Waals surface area contributed by atoms with Crippen LogP contribution in [-0.4, -0.2) is 43.2 Å². The monoisotopic (exact) mass is 370 g/mol. The number of benzene rings is 1. The van der Waals surface area contributed by atoms with Crippen LogP contribution in [0.2, 0.25) is 0 Å². The summed E-state index contributed by atoms with van der Waals surface area (Å²) in [6.07, 6.45) is 1.99. The molecule has 6 heteroatoms. The highest BCUT2D eigenvalue weighted by Gasteiger charge is 2.21. The molecule has 0 bridgehead atoms. The first-order valence-corrected chi connectivity index (χ1v) is 8.03. The average molecular weight is 371 g/mol. The predicted molar refractivity (Wildman–Crippen MR) is 86.9 cm³/mol. The lowest BCUT2D eigenvalue weighted by Gasteiger charge is -2.27. The first kappa shape index (κ1) is 17.1. The molecule has 1 aliphatic rings. The average Bonchev–Trinajstić information content (AvgIpc) is 2.51. The van der Waals surface area contributed by atoms with Gasteiger partial charge in [0.05, 0.1) is 13.2 Å². The molecule has 120 valence electrons. The van der Waals surface area contributed by atoms with E-state index in [9.17, 15) is 9.18 Å². The summed E-state index contributed by atoms with van der Waals surface area (Å²) in [5, 5.41) is 3.25. The van der Waals surface area contributed by atoms with Gasteiger partial charge in [0.25, 0.3) is 0 Å². The molecule has 1 N–H and O–H groups in total. The molecule has 0 aromatic heterocycles. The molecule has 4 nitrogen and oxygen atoms in total. The van der Waals surface area contributed by atoms with Gasteiger partial charge >= 0.3 is 0 Å². The molecule has 1 atom stereocenters. The van der Waals surface area contributed by atoms with Crippen molar-refractivity contribution in [2.45, 2.75) is 19.0 Å². The van der Waals surface area contributed by atoms with Crippen LogP contribution >= 0.6 is 15.9 Å². The number of morpholine rings is 1. The number of nitrogens with zero attached hydrogens (tertiary/aromatic N) is 1. The molecule has 2 rings (SSSR count). The molecule has 1 unspecified atom stereocenters. The van der Waals surface area contributed by atoms with Gasteiger partial charge < -0.3 is 15.0 Å². The second kappa shape index (κ2) is 8.41. The Hall–Kier alpha value is -1.24. The van der Waals surface area contributed by atoms with E-state index >= 15 is 0 Å². The van der Waals surface area contributed by atoms with E-state index in [1.54, 1.807) is 23.1 Å². The third kappa shape index (κ3) is 4.90. The van der Waals surface area contributed by atoms with Crippen LogP contribution in [0, 0.1) is 5.82 Å². The van der Waals surface area contributed by atoms with Gasteiger partial charge in [0, 0.05) is 42.1 Å². The summed E-state index contributed by atoms with van der Waals surface area (Å²) in [5.74, 6) is -0.355. The number of halogens is 2. The highest BCUT2D eigenvalue weighted by Crippen LogP contribution is 2.18. The van der Waals surface area contributed by atoms with Crippen molar-refractivity contribution in [3.8, 4) is 0 Å². The van der Waals surface area contributed by atoms with Gasteiger partial charge in [0.2, 0.25) is 5.91 Å². The van der Waals surface area contributed by atoms with E-state index in [2.05, 4.69) is 27.8 Å². The molecule has 0 aliphatic carbocycles. The Labute approximate surface area is 138 Å². The van der Waals surface area contributed by atoms with Gasteiger partial charge in [0.1, 0.15) is 5.82 Å². The lowest BCUT2D eigenvalue weighted by atomic mass is 10.1. The maximum atomic E-state index is 13.9. The number of nitrogens with one attached hydrogen (secondary N) is 1.